The van der Waals surface area contributed by atoms with E-state index < -0.39 is 5.60 Å². The van der Waals surface area contributed by atoms with Crippen LogP contribution in [0.2, 0.25) is 0 Å². The first-order valence-corrected chi connectivity index (χ1v) is 7.32. The summed E-state index contributed by atoms with van der Waals surface area (Å²) in [4.78, 5) is 14.0. The lowest BCUT2D eigenvalue weighted by Crippen LogP contribution is -2.47. The van der Waals surface area contributed by atoms with E-state index in [2.05, 4.69) is 10.2 Å². The summed E-state index contributed by atoms with van der Waals surface area (Å²) in [5.74, 6) is 0. The molecule has 1 N–H and O–H groups in total. The van der Waals surface area contributed by atoms with E-state index in [0.717, 1.165) is 19.5 Å². The average Bonchev–Trinajstić information content (AvgIpc) is 2.32. The van der Waals surface area contributed by atoms with E-state index in [4.69, 9.17) is 16.3 Å². The molecule has 19 heavy (non-hydrogen) atoms. The van der Waals surface area contributed by atoms with Gasteiger partial charge >= 0.3 is 6.09 Å². The summed E-state index contributed by atoms with van der Waals surface area (Å²) >= 11 is 5.57. The van der Waals surface area contributed by atoms with E-state index in [-0.39, 0.29) is 6.09 Å². The van der Waals surface area contributed by atoms with Crippen LogP contribution in [0, 0.1) is 0 Å². The number of hydrogen-bond donors (Lipinski definition) is 1. The lowest BCUT2D eigenvalue weighted by Gasteiger charge is -2.35. The third-order valence-electron chi connectivity index (χ3n) is 3.06. The number of halogens is 1. The Hall–Kier alpha value is -0.740. The molecule has 0 radical (unpaired) electrons. The molecule has 0 aliphatic carbocycles. The molecule has 0 aromatic heterocycles. The van der Waals surface area contributed by atoms with Gasteiger partial charge in [0, 0.05) is 24.7 Å². The molecule has 4 nitrogen and oxygen atoms in total. The summed E-state index contributed by atoms with van der Waals surface area (Å²) in [6.07, 6.45) is 5.12. The highest BCUT2D eigenvalue weighted by atomic mass is 35.5. The Labute approximate surface area is 121 Å². The number of piperidine rings is 1. The molecule has 110 valence electrons. The van der Waals surface area contributed by atoms with Gasteiger partial charge < -0.3 is 10.1 Å². The maximum absolute atomic E-state index is 11.6. The zero-order valence-electron chi connectivity index (χ0n) is 12.1. The number of hydrogen-bond acceptors (Lipinski definition) is 3. The van der Waals surface area contributed by atoms with E-state index >= 15 is 0 Å². The van der Waals surface area contributed by atoms with Gasteiger partial charge in [-0.1, -0.05) is 24.1 Å². The molecule has 0 aromatic rings. The number of nitrogens with zero attached hydrogens (tertiary/aromatic N) is 1. The fraction of sp³-hybridized carbons (Fsp3) is 0.786. The molecule has 1 aliphatic rings. The van der Waals surface area contributed by atoms with E-state index in [0.29, 0.717) is 12.6 Å². The standard InChI is InChI=1S/C14H25ClN2O2/c1-14(2,3)19-13(18)16-11-12-7-4-5-9-17(12)10-6-8-15/h6,8,12H,4-5,7,9-11H2,1-3H3,(H,16,18)/b8-6+. The number of rotatable bonds is 4. The van der Waals surface area contributed by atoms with Crippen LogP contribution in [0.1, 0.15) is 40.0 Å². The van der Waals surface area contributed by atoms with Crippen molar-refractivity contribution in [2.75, 3.05) is 19.6 Å². The number of carbonyl (C=O) groups excluding carboxylic acids is 1. The highest BCUT2D eigenvalue weighted by Gasteiger charge is 2.23. The highest BCUT2D eigenvalue weighted by Crippen LogP contribution is 2.16. The lowest BCUT2D eigenvalue weighted by atomic mass is 10.0. The number of carbonyl (C=O) groups is 1. The third-order valence-corrected chi connectivity index (χ3v) is 3.24. The van der Waals surface area contributed by atoms with Crippen LogP contribution in [0.15, 0.2) is 11.6 Å². The van der Waals surface area contributed by atoms with Gasteiger partial charge in [-0.05, 0) is 40.2 Å². The molecule has 1 amide bonds. The van der Waals surface area contributed by atoms with Crippen LogP contribution in [0.3, 0.4) is 0 Å². The van der Waals surface area contributed by atoms with Crippen LogP contribution in [0.25, 0.3) is 0 Å². The first-order valence-electron chi connectivity index (χ1n) is 6.88. The van der Waals surface area contributed by atoms with E-state index in [1.807, 2.05) is 26.8 Å². The van der Waals surface area contributed by atoms with Gasteiger partial charge in [0.15, 0.2) is 0 Å². The molecule has 1 aliphatic heterocycles. The smallest absolute Gasteiger partial charge is 0.407 e. The van der Waals surface area contributed by atoms with Gasteiger partial charge in [0.2, 0.25) is 0 Å². The summed E-state index contributed by atoms with van der Waals surface area (Å²) in [6, 6.07) is 0.370. The van der Waals surface area contributed by atoms with Crippen molar-refractivity contribution in [2.45, 2.75) is 51.7 Å². The average molecular weight is 289 g/mol. The summed E-state index contributed by atoms with van der Waals surface area (Å²) < 4.78 is 5.24. The normalized spacial score (nSPS) is 21.6. The van der Waals surface area contributed by atoms with Crippen molar-refractivity contribution >= 4 is 17.7 Å². The fourth-order valence-electron chi connectivity index (χ4n) is 2.22. The monoisotopic (exact) mass is 288 g/mol. The van der Waals surface area contributed by atoms with Crippen LogP contribution in [-0.2, 0) is 4.74 Å². The Bertz CT molecular complexity index is 313. The topological polar surface area (TPSA) is 41.6 Å². The Morgan fingerprint density at radius 2 is 2.21 bits per heavy atom. The first-order chi connectivity index (χ1) is 8.92. The highest BCUT2D eigenvalue weighted by molar-refractivity contribution is 6.25. The predicted octanol–water partition coefficient (Wildman–Crippen LogP) is 3.12. The van der Waals surface area contributed by atoms with Crippen LogP contribution < -0.4 is 5.32 Å². The van der Waals surface area contributed by atoms with Gasteiger partial charge in [-0.3, -0.25) is 4.90 Å². The maximum atomic E-state index is 11.6. The fourth-order valence-corrected chi connectivity index (χ4v) is 2.30. The van der Waals surface area contributed by atoms with E-state index in [1.54, 1.807) is 5.54 Å². The molecular formula is C14H25ClN2O2. The minimum Gasteiger partial charge on any atom is -0.444 e. The Balaban J connectivity index is 2.38. The zero-order chi connectivity index (χ0) is 14.3. The molecule has 0 aromatic carbocycles. The third kappa shape index (κ3) is 6.83. The molecule has 1 rings (SSSR count). The van der Waals surface area contributed by atoms with Crippen molar-refractivity contribution in [3.63, 3.8) is 0 Å². The summed E-state index contributed by atoms with van der Waals surface area (Å²) in [5.41, 5.74) is 1.10. The first kappa shape index (κ1) is 16.3. The second kappa shape index (κ2) is 7.75. The largest absolute Gasteiger partial charge is 0.444 e. The molecule has 0 spiro atoms. The maximum Gasteiger partial charge on any atom is 0.407 e. The summed E-state index contributed by atoms with van der Waals surface area (Å²) in [5, 5.41) is 2.86. The summed E-state index contributed by atoms with van der Waals surface area (Å²) in [7, 11) is 0. The molecule has 1 fully saturated rings. The van der Waals surface area contributed by atoms with Crippen LogP contribution in [0.5, 0.6) is 0 Å². The van der Waals surface area contributed by atoms with Gasteiger partial charge in [0.25, 0.3) is 0 Å². The number of amides is 1. The van der Waals surface area contributed by atoms with Crippen molar-refractivity contribution in [2.24, 2.45) is 0 Å². The number of alkyl carbamates (subject to hydrolysis) is 1. The Morgan fingerprint density at radius 3 is 2.84 bits per heavy atom. The predicted molar refractivity (Wildman–Crippen MR) is 78.4 cm³/mol. The zero-order valence-corrected chi connectivity index (χ0v) is 12.9. The van der Waals surface area contributed by atoms with Crippen LogP contribution >= 0.6 is 11.6 Å². The Kier molecular flexibility index (Phi) is 6.66. The van der Waals surface area contributed by atoms with Crippen LogP contribution in [0.4, 0.5) is 4.79 Å². The van der Waals surface area contributed by atoms with Gasteiger partial charge in [0.1, 0.15) is 5.60 Å². The molecule has 1 heterocycles. The van der Waals surface area contributed by atoms with Crippen molar-refractivity contribution in [1.82, 2.24) is 10.2 Å². The van der Waals surface area contributed by atoms with Crippen molar-refractivity contribution < 1.29 is 9.53 Å². The van der Waals surface area contributed by atoms with Crippen molar-refractivity contribution in [3.8, 4) is 0 Å². The molecule has 1 unspecified atom stereocenters. The summed E-state index contributed by atoms with van der Waals surface area (Å²) in [6.45, 7) is 8.12. The minimum absolute atomic E-state index is 0.342. The molecule has 0 bridgehead atoms. The van der Waals surface area contributed by atoms with Gasteiger partial charge in [-0.25, -0.2) is 4.79 Å². The lowest BCUT2D eigenvalue weighted by molar-refractivity contribution is 0.0499. The SMILES string of the molecule is CC(C)(C)OC(=O)NCC1CCCCN1C/C=C/Cl. The molecular weight excluding hydrogens is 264 g/mol. The van der Waals surface area contributed by atoms with Gasteiger partial charge in [0.05, 0.1) is 0 Å². The second-order valence-electron chi connectivity index (χ2n) is 5.89. The Morgan fingerprint density at radius 1 is 1.47 bits per heavy atom. The van der Waals surface area contributed by atoms with E-state index in [1.165, 1.54) is 12.8 Å². The molecule has 0 saturated carbocycles. The van der Waals surface area contributed by atoms with Crippen molar-refractivity contribution in [1.29, 1.82) is 0 Å². The van der Waals surface area contributed by atoms with E-state index in [9.17, 15) is 4.79 Å². The minimum atomic E-state index is -0.447. The van der Waals surface area contributed by atoms with Crippen LogP contribution in [-0.4, -0.2) is 42.3 Å². The number of likely N-dealkylation sites (tertiary alicyclic amines) is 1. The number of nitrogens with one attached hydrogen (secondary N) is 1. The molecule has 5 heteroatoms. The molecule has 1 saturated heterocycles. The molecule has 1 atom stereocenters. The van der Waals surface area contributed by atoms with Gasteiger partial charge in [-0.15, -0.1) is 0 Å². The van der Waals surface area contributed by atoms with Gasteiger partial charge in [-0.2, -0.15) is 0 Å². The number of ether oxygens (including phenoxy) is 1. The van der Waals surface area contributed by atoms with Crippen molar-refractivity contribution in [3.05, 3.63) is 11.6 Å². The quantitative estimate of drug-likeness (QED) is 0.864. The second-order valence-corrected chi connectivity index (χ2v) is 6.14.